The van der Waals surface area contributed by atoms with E-state index in [0.29, 0.717) is 0 Å². The lowest BCUT2D eigenvalue weighted by Crippen LogP contribution is -2.39. The van der Waals surface area contributed by atoms with Gasteiger partial charge in [-0.1, -0.05) is 48.2 Å². The van der Waals surface area contributed by atoms with E-state index in [4.69, 9.17) is 4.99 Å². The number of hydrogen-bond donors (Lipinski definition) is 0. The number of sulfone groups is 1. The number of benzene rings is 2. The number of thioether (sulfide) groups is 1. The summed E-state index contributed by atoms with van der Waals surface area (Å²) in [6.07, 6.45) is 0. The molecule has 2 aliphatic rings. The minimum atomic E-state index is -3.02. The zero-order chi connectivity index (χ0) is 19.2. The average Bonchev–Trinajstić information content (AvgIpc) is 3.07. The fourth-order valence-corrected chi connectivity index (χ4v) is 6.84. The Hall–Kier alpha value is -1.79. The molecule has 2 aromatic rings. The van der Waals surface area contributed by atoms with Gasteiger partial charge in [0.05, 0.1) is 23.6 Å². The maximum atomic E-state index is 12.2. The van der Waals surface area contributed by atoms with E-state index >= 15 is 0 Å². The second-order valence-electron chi connectivity index (χ2n) is 7.50. The molecule has 4 rings (SSSR count). The first-order chi connectivity index (χ1) is 12.8. The zero-order valence-corrected chi connectivity index (χ0v) is 17.5. The largest absolute Gasteiger partial charge is 0.315 e. The first-order valence-corrected chi connectivity index (χ1v) is 12.0. The predicted molar refractivity (Wildman–Crippen MR) is 115 cm³/mol. The van der Waals surface area contributed by atoms with Crippen LogP contribution in [0.2, 0.25) is 0 Å². The van der Waals surface area contributed by atoms with Gasteiger partial charge in [-0.05, 0) is 49.1 Å². The third-order valence-corrected chi connectivity index (χ3v) is 8.06. The topological polar surface area (TPSA) is 49.7 Å². The molecule has 142 valence electrons. The van der Waals surface area contributed by atoms with Gasteiger partial charge < -0.3 is 4.90 Å². The molecule has 0 amide bonds. The maximum Gasteiger partial charge on any atom is 0.164 e. The Kier molecular flexibility index (Phi) is 4.80. The molecule has 27 heavy (non-hydrogen) atoms. The fourth-order valence-electron chi connectivity index (χ4n) is 3.81. The molecule has 1 fully saturated rings. The van der Waals surface area contributed by atoms with Gasteiger partial charge in [-0.15, -0.1) is 0 Å². The molecule has 0 bridgehead atoms. The predicted octanol–water partition coefficient (Wildman–Crippen LogP) is 3.89. The monoisotopic (exact) mass is 400 g/mol. The summed E-state index contributed by atoms with van der Waals surface area (Å²) in [6.45, 7) is 6.27. The lowest BCUT2D eigenvalue weighted by atomic mass is 10.1. The molecule has 0 spiro atoms. The normalized spacial score (nSPS) is 23.4. The summed E-state index contributed by atoms with van der Waals surface area (Å²) in [6, 6.07) is 14.5. The first kappa shape index (κ1) is 18.6. The number of fused-ring (bicyclic) bond motifs is 1. The molecule has 4 nitrogen and oxygen atoms in total. The van der Waals surface area contributed by atoms with Gasteiger partial charge in [0.25, 0.3) is 0 Å². The quantitative estimate of drug-likeness (QED) is 0.784. The highest BCUT2D eigenvalue weighted by Crippen LogP contribution is 2.37. The van der Waals surface area contributed by atoms with Crippen LogP contribution in [0.3, 0.4) is 0 Å². The molecule has 6 heteroatoms. The van der Waals surface area contributed by atoms with E-state index in [2.05, 4.69) is 62.1 Å². The van der Waals surface area contributed by atoms with Crippen LogP contribution in [0, 0.1) is 20.8 Å². The molecule has 0 unspecified atom stereocenters. The van der Waals surface area contributed by atoms with E-state index in [1.165, 1.54) is 16.7 Å². The van der Waals surface area contributed by atoms with Crippen molar-refractivity contribution < 1.29 is 8.42 Å². The second-order valence-corrected chi connectivity index (χ2v) is 10.6. The van der Waals surface area contributed by atoms with Gasteiger partial charge in [-0.3, -0.25) is 4.99 Å². The molecule has 2 aliphatic heterocycles. The SMILES string of the molecule is Cc1ccc(C)c(N2C(SCc3ccccc3C)=N[C@H]3CS(=O)(=O)C[C@@H]32)c1. The van der Waals surface area contributed by atoms with Crippen molar-refractivity contribution in [1.82, 2.24) is 0 Å². The van der Waals surface area contributed by atoms with Crippen molar-refractivity contribution >= 4 is 32.5 Å². The molecule has 2 aromatic carbocycles. The zero-order valence-electron chi connectivity index (χ0n) is 15.8. The standard InChI is InChI=1S/C21H24N2O2S2/c1-14-8-9-16(3)19(10-14)23-20-13-27(24,25)12-18(20)22-21(23)26-11-17-7-5-4-6-15(17)2/h4-10,18,20H,11-13H2,1-3H3/t18-,20-/m0/s1. The van der Waals surface area contributed by atoms with Gasteiger partial charge in [-0.25, -0.2) is 8.42 Å². The van der Waals surface area contributed by atoms with Gasteiger partial charge in [0.2, 0.25) is 0 Å². The van der Waals surface area contributed by atoms with Crippen LogP contribution in [-0.4, -0.2) is 37.2 Å². The summed E-state index contributed by atoms with van der Waals surface area (Å²) >= 11 is 1.71. The first-order valence-electron chi connectivity index (χ1n) is 9.16. The minimum Gasteiger partial charge on any atom is -0.315 e. The van der Waals surface area contributed by atoms with Crippen LogP contribution in [0.1, 0.15) is 22.3 Å². The maximum absolute atomic E-state index is 12.2. The summed E-state index contributed by atoms with van der Waals surface area (Å²) in [5.74, 6) is 1.18. The average molecular weight is 401 g/mol. The Labute approximate surface area is 165 Å². The lowest BCUT2D eigenvalue weighted by Gasteiger charge is -2.28. The molecule has 1 saturated heterocycles. The van der Waals surface area contributed by atoms with Crippen molar-refractivity contribution in [2.75, 3.05) is 16.4 Å². The Bertz CT molecular complexity index is 1010. The highest BCUT2D eigenvalue weighted by molar-refractivity contribution is 8.13. The summed E-state index contributed by atoms with van der Waals surface area (Å²) < 4.78 is 24.4. The number of nitrogens with zero attached hydrogens (tertiary/aromatic N) is 2. The highest BCUT2D eigenvalue weighted by Gasteiger charge is 2.47. The van der Waals surface area contributed by atoms with Gasteiger partial charge in [0.1, 0.15) is 0 Å². The Morgan fingerprint density at radius 3 is 2.63 bits per heavy atom. The van der Waals surface area contributed by atoms with Crippen LogP contribution in [0.4, 0.5) is 5.69 Å². The fraction of sp³-hybridized carbons (Fsp3) is 0.381. The third kappa shape index (κ3) is 3.65. The van der Waals surface area contributed by atoms with Crippen LogP contribution in [0.25, 0.3) is 0 Å². The number of aliphatic imine (C=N–C) groups is 1. The van der Waals surface area contributed by atoms with Crippen LogP contribution >= 0.6 is 11.8 Å². The van der Waals surface area contributed by atoms with Gasteiger partial charge >= 0.3 is 0 Å². The molecule has 2 atom stereocenters. The van der Waals surface area contributed by atoms with E-state index in [0.717, 1.165) is 22.2 Å². The van der Waals surface area contributed by atoms with Crippen molar-refractivity contribution in [2.45, 2.75) is 38.6 Å². The Balaban J connectivity index is 1.68. The van der Waals surface area contributed by atoms with Crippen molar-refractivity contribution in [2.24, 2.45) is 4.99 Å². The van der Waals surface area contributed by atoms with Gasteiger partial charge in [0, 0.05) is 11.4 Å². The van der Waals surface area contributed by atoms with E-state index in [-0.39, 0.29) is 23.6 Å². The van der Waals surface area contributed by atoms with E-state index in [1.54, 1.807) is 11.8 Å². The van der Waals surface area contributed by atoms with Crippen molar-refractivity contribution in [3.63, 3.8) is 0 Å². The van der Waals surface area contributed by atoms with Crippen molar-refractivity contribution in [1.29, 1.82) is 0 Å². The lowest BCUT2D eigenvalue weighted by molar-refractivity contribution is 0.601. The van der Waals surface area contributed by atoms with Crippen molar-refractivity contribution in [3.8, 4) is 0 Å². The second kappa shape index (κ2) is 6.99. The number of hydrogen-bond acceptors (Lipinski definition) is 5. The minimum absolute atomic E-state index is 0.0881. The molecular formula is C21H24N2O2S2. The Morgan fingerprint density at radius 1 is 1.07 bits per heavy atom. The Morgan fingerprint density at radius 2 is 1.85 bits per heavy atom. The molecule has 2 heterocycles. The van der Waals surface area contributed by atoms with Gasteiger partial charge in [-0.2, -0.15) is 0 Å². The van der Waals surface area contributed by atoms with E-state index < -0.39 is 9.84 Å². The van der Waals surface area contributed by atoms with E-state index in [1.807, 2.05) is 6.07 Å². The molecule has 0 N–H and O–H groups in total. The number of anilines is 1. The summed E-state index contributed by atoms with van der Waals surface area (Å²) in [5.41, 5.74) is 5.95. The van der Waals surface area contributed by atoms with Crippen LogP contribution in [0.15, 0.2) is 47.5 Å². The van der Waals surface area contributed by atoms with Crippen molar-refractivity contribution in [3.05, 3.63) is 64.7 Å². The molecular weight excluding hydrogens is 376 g/mol. The summed E-state index contributed by atoms with van der Waals surface area (Å²) in [5, 5.41) is 0.942. The number of aryl methyl sites for hydroxylation is 3. The third-order valence-electron chi connectivity index (χ3n) is 5.35. The molecule has 0 aliphatic carbocycles. The molecule has 0 saturated carbocycles. The molecule has 0 aromatic heterocycles. The van der Waals surface area contributed by atoms with Crippen LogP contribution in [-0.2, 0) is 15.6 Å². The summed E-state index contributed by atoms with van der Waals surface area (Å²) in [7, 11) is -3.02. The van der Waals surface area contributed by atoms with E-state index in [9.17, 15) is 8.42 Å². The summed E-state index contributed by atoms with van der Waals surface area (Å²) in [4.78, 5) is 7.03. The van der Waals surface area contributed by atoms with Crippen LogP contribution < -0.4 is 4.90 Å². The number of amidine groups is 1. The van der Waals surface area contributed by atoms with Gasteiger partial charge in [0.15, 0.2) is 15.0 Å². The smallest absolute Gasteiger partial charge is 0.164 e. The molecule has 0 radical (unpaired) electrons. The number of rotatable bonds is 3. The van der Waals surface area contributed by atoms with Crippen LogP contribution in [0.5, 0.6) is 0 Å². The highest BCUT2D eigenvalue weighted by atomic mass is 32.2.